The topological polar surface area (TPSA) is 59.4 Å². The maximum Gasteiger partial charge on any atom is 0.293 e. The van der Waals surface area contributed by atoms with Gasteiger partial charge in [0, 0.05) is 6.07 Å². The van der Waals surface area contributed by atoms with E-state index in [1.165, 1.54) is 7.11 Å². The van der Waals surface area contributed by atoms with Crippen molar-refractivity contribution < 1.29 is 4.74 Å². The van der Waals surface area contributed by atoms with Crippen LogP contribution in [0, 0.1) is 0 Å². The molecule has 5 heteroatoms. The zero-order chi connectivity index (χ0) is 10.1. The second-order valence-corrected chi connectivity index (χ2v) is 2.97. The molecule has 0 spiro atoms. The Bertz CT molecular complexity index is 512. The molecule has 0 aliphatic rings. The maximum absolute atomic E-state index is 11.3. The SMILES string of the molecule is CCc1cc2[nH]c(=O)c(OC)cn2n1. The molecule has 0 amide bonds. The summed E-state index contributed by atoms with van der Waals surface area (Å²) in [6.07, 6.45) is 2.42. The Labute approximate surface area is 80.3 Å². The molecule has 0 aromatic carbocycles. The van der Waals surface area contributed by atoms with Gasteiger partial charge in [-0.1, -0.05) is 6.92 Å². The molecule has 0 fully saturated rings. The summed E-state index contributed by atoms with van der Waals surface area (Å²) in [5.74, 6) is 0.267. The third-order valence-electron chi connectivity index (χ3n) is 2.07. The first-order chi connectivity index (χ1) is 6.74. The van der Waals surface area contributed by atoms with Gasteiger partial charge in [-0.05, 0) is 6.42 Å². The van der Waals surface area contributed by atoms with Crippen LogP contribution >= 0.6 is 0 Å². The quantitative estimate of drug-likeness (QED) is 0.759. The van der Waals surface area contributed by atoms with E-state index in [0.717, 1.165) is 12.1 Å². The van der Waals surface area contributed by atoms with E-state index in [2.05, 4.69) is 10.1 Å². The number of H-pyrrole nitrogens is 1. The van der Waals surface area contributed by atoms with Crippen LogP contribution in [0.25, 0.3) is 5.65 Å². The van der Waals surface area contributed by atoms with Gasteiger partial charge in [0.05, 0.1) is 19.0 Å². The summed E-state index contributed by atoms with van der Waals surface area (Å²) in [6, 6.07) is 1.85. The smallest absolute Gasteiger partial charge is 0.293 e. The van der Waals surface area contributed by atoms with E-state index in [-0.39, 0.29) is 11.3 Å². The Kier molecular flexibility index (Phi) is 1.99. The summed E-state index contributed by atoms with van der Waals surface area (Å²) >= 11 is 0. The third kappa shape index (κ3) is 1.26. The lowest BCUT2D eigenvalue weighted by Crippen LogP contribution is -2.11. The van der Waals surface area contributed by atoms with Crippen molar-refractivity contribution in [2.75, 3.05) is 7.11 Å². The van der Waals surface area contributed by atoms with Gasteiger partial charge in [-0.3, -0.25) is 4.79 Å². The number of ether oxygens (including phenoxy) is 1. The average Bonchev–Trinajstić information content (AvgIpc) is 2.58. The zero-order valence-electron chi connectivity index (χ0n) is 8.07. The molecule has 2 heterocycles. The number of nitrogens with one attached hydrogen (secondary N) is 1. The van der Waals surface area contributed by atoms with Gasteiger partial charge in [-0.15, -0.1) is 0 Å². The van der Waals surface area contributed by atoms with Crippen molar-refractivity contribution in [3.05, 3.63) is 28.3 Å². The van der Waals surface area contributed by atoms with Gasteiger partial charge < -0.3 is 9.72 Å². The minimum atomic E-state index is -0.234. The van der Waals surface area contributed by atoms with E-state index < -0.39 is 0 Å². The van der Waals surface area contributed by atoms with Crippen molar-refractivity contribution in [3.63, 3.8) is 0 Å². The van der Waals surface area contributed by atoms with Gasteiger partial charge in [0.1, 0.15) is 5.65 Å². The second kappa shape index (κ2) is 3.17. The molecule has 74 valence electrons. The number of hydrogen-bond acceptors (Lipinski definition) is 3. The lowest BCUT2D eigenvalue weighted by Gasteiger charge is -1.97. The standard InChI is InChI=1S/C9H11N3O2/c1-3-6-4-8-10-9(13)7(14-2)5-12(8)11-6/h4-5H,3H2,1-2H3,(H,10,13). The van der Waals surface area contributed by atoms with Crippen molar-refractivity contribution in [2.24, 2.45) is 0 Å². The minimum Gasteiger partial charge on any atom is -0.490 e. The fourth-order valence-electron chi connectivity index (χ4n) is 1.30. The Balaban J connectivity index is 2.70. The van der Waals surface area contributed by atoms with Crippen molar-refractivity contribution in [1.29, 1.82) is 0 Å². The van der Waals surface area contributed by atoms with Crippen LogP contribution in [0.3, 0.4) is 0 Å². The van der Waals surface area contributed by atoms with E-state index in [1.54, 1.807) is 10.7 Å². The van der Waals surface area contributed by atoms with E-state index >= 15 is 0 Å². The molecule has 1 N–H and O–H groups in total. The Morgan fingerprint density at radius 1 is 1.64 bits per heavy atom. The molecule has 0 saturated heterocycles. The summed E-state index contributed by atoms with van der Waals surface area (Å²) in [5, 5.41) is 4.25. The first kappa shape index (κ1) is 8.80. The highest BCUT2D eigenvalue weighted by molar-refractivity contribution is 5.40. The van der Waals surface area contributed by atoms with Crippen molar-refractivity contribution in [2.45, 2.75) is 13.3 Å². The van der Waals surface area contributed by atoms with Crippen LogP contribution in [-0.2, 0) is 6.42 Å². The van der Waals surface area contributed by atoms with Crippen molar-refractivity contribution in [1.82, 2.24) is 14.6 Å². The number of hydrogen-bond donors (Lipinski definition) is 1. The molecule has 0 aliphatic carbocycles. The van der Waals surface area contributed by atoms with Crippen molar-refractivity contribution in [3.8, 4) is 5.75 Å². The Hall–Kier alpha value is -1.78. The predicted octanol–water partition coefficient (Wildman–Crippen LogP) is 0.594. The highest BCUT2D eigenvalue weighted by Crippen LogP contribution is 2.06. The van der Waals surface area contributed by atoms with E-state index in [4.69, 9.17) is 4.74 Å². The molecule has 0 bridgehead atoms. The van der Waals surface area contributed by atoms with E-state index in [0.29, 0.717) is 5.65 Å². The van der Waals surface area contributed by atoms with Crippen LogP contribution in [0.5, 0.6) is 5.75 Å². The molecule has 2 aromatic rings. The predicted molar refractivity (Wildman–Crippen MR) is 51.7 cm³/mol. The van der Waals surface area contributed by atoms with Gasteiger partial charge in [-0.25, -0.2) is 4.52 Å². The highest BCUT2D eigenvalue weighted by Gasteiger charge is 2.04. The zero-order valence-corrected chi connectivity index (χ0v) is 8.07. The number of fused-ring (bicyclic) bond motifs is 1. The third-order valence-corrected chi connectivity index (χ3v) is 2.07. The molecule has 0 unspecified atom stereocenters. The van der Waals surface area contributed by atoms with Gasteiger partial charge in [-0.2, -0.15) is 5.10 Å². The summed E-state index contributed by atoms with van der Waals surface area (Å²) < 4.78 is 6.50. The van der Waals surface area contributed by atoms with Crippen molar-refractivity contribution >= 4 is 5.65 Å². The summed E-state index contributed by atoms with van der Waals surface area (Å²) in [6.45, 7) is 2.01. The number of methoxy groups -OCH3 is 1. The van der Waals surface area contributed by atoms with Crippen LogP contribution in [-0.4, -0.2) is 21.7 Å². The average molecular weight is 193 g/mol. The summed E-state index contributed by atoms with van der Waals surface area (Å²) in [5.41, 5.74) is 1.39. The molecule has 0 saturated carbocycles. The lowest BCUT2D eigenvalue weighted by molar-refractivity contribution is 0.404. The Morgan fingerprint density at radius 3 is 3.07 bits per heavy atom. The van der Waals surface area contributed by atoms with Crippen LogP contribution in [0.2, 0.25) is 0 Å². The van der Waals surface area contributed by atoms with Gasteiger partial charge in [0.15, 0.2) is 0 Å². The second-order valence-electron chi connectivity index (χ2n) is 2.97. The first-order valence-corrected chi connectivity index (χ1v) is 4.40. The molecule has 14 heavy (non-hydrogen) atoms. The highest BCUT2D eigenvalue weighted by atomic mass is 16.5. The molecular weight excluding hydrogens is 182 g/mol. The number of nitrogens with zero attached hydrogens (tertiary/aromatic N) is 2. The maximum atomic E-state index is 11.3. The summed E-state index contributed by atoms with van der Waals surface area (Å²) in [7, 11) is 1.46. The molecule has 0 atom stereocenters. The fraction of sp³-hybridized carbons (Fsp3) is 0.333. The van der Waals surface area contributed by atoms with Gasteiger partial charge in [0.2, 0.25) is 5.75 Å². The largest absolute Gasteiger partial charge is 0.490 e. The fourth-order valence-corrected chi connectivity index (χ4v) is 1.30. The normalized spacial score (nSPS) is 10.7. The number of aromatic nitrogens is 3. The van der Waals surface area contributed by atoms with Gasteiger partial charge in [0.25, 0.3) is 5.56 Å². The number of rotatable bonds is 2. The van der Waals surface area contributed by atoms with E-state index in [9.17, 15) is 4.79 Å². The molecule has 2 aromatic heterocycles. The Morgan fingerprint density at radius 2 is 2.43 bits per heavy atom. The molecule has 2 rings (SSSR count). The van der Waals surface area contributed by atoms with Gasteiger partial charge >= 0.3 is 0 Å². The molecule has 0 aliphatic heterocycles. The van der Waals surface area contributed by atoms with Crippen LogP contribution in [0.1, 0.15) is 12.6 Å². The number of aryl methyl sites for hydroxylation is 1. The molecule has 5 nitrogen and oxygen atoms in total. The lowest BCUT2D eigenvalue weighted by atomic mass is 10.3. The number of aromatic amines is 1. The van der Waals surface area contributed by atoms with E-state index in [1.807, 2.05) is 13.0 Å². The summed E-state index contributed by atoms with van der Waals surface area (Å²) in [4.78, 5) is 14.0. The first-order valence-electron chi connectivity index (χ1n) is 4.40. The molecular formula is C9H11N3O2. The van der Waals surface area contributed by atoms with Crippen LogP contribution < -0.4 is 10.3 Å². The molecule has 0 radical (unpaired) electrons. The minimum absolute atomic E-state index is 0.234. The van der Waals surface area contributed by atoms with Crippen LogP contribution in [0.15, 0.2) is 17.1 Å². The monoisotopic (exact) mass is 193 g/mol. The van der Waals surface area contributed by atoms with Crippen LogP contribution in [0.4, 0.5) is 0 Å².